The molecule has 2 aromatic carbocycles. The summed E-state index contributed by atoms with van der Waals surface area (Å²) in [7, 11) is 0. The third-order valence-corrected chi connectivity index (χ3v) is 3.63. The van der Waals surface area contributed by atoms with Crippen LogP contribution in [0, 0.1) is 11.6 Å². The minimum Gasteiger partial charge on any atom is -0.462 e. The fraction of sp³-hybridized carbons (Fsp3) is 0.133. The standard InChI is InChI=1S/C15H13F2NO2S/c1-2-20-15(19)11-7-9(4-6-14(11)18)21-10-3-5-12(16)13(17)8-10/h3-8H,2,18H2,1H3. The molecule has 0 radical (unpaired) electrons. The van der Waals surface area contributed by atoms with Crippen LogP contribution in [0.25, 0.3) is 0 Å². The van der Waals surface area contributed by atoms with E-state index in [-0.39, 0.29) is 12.2 Å². The van der Waals surface area contributed by atoms with Gasteiger partial charge < -0.3 is 10.5 Å². The molecule has 0 unspecified atom stereocenters. The summed E-state index contributed by atoms with van der Waals surface area (Å²) in [5.41, 5.74) is 6.30. The Balaban J connectivity index is 2.26. The lowest BCUT2D eigenvalue weighted by Gasteiger charge is -2.08. The van der Waals surface area contributed by atoms with E-state index >= 15 is 0 Å². The van der Waals surface area contributed by atoms with E-state index in [0.29, 0.717) is 15.5 Å². The summed E-state index contributed by atoms with van der Waals surface area (Å²) in [5, 5.41) is 0. The van der Waals surface area contributed by atoms with Gasteiger partial charge in [-0.2, -0.15) is 0 Å². The van der Waals surface area contributed by atoms with Gasteiger partial charge in [0, 0.05) is 15.5 Å². The van der Waals surface area contributed by atoms with Crippen molar-refractivity contribution in [2.45, 2.75) is 16.7 Å². The van der Waals surface area contributed by atoms with Crippen LogP contribution in [-0.2, 0) is 4.74 Å². The topological polar surface area (TPSA) is 52.3 Å². The summed E-state index contributed by atoms with van der Waals surface area (Å²) < 4.78 is 31.0. The van der Waals surface area contributed by atoms with Gasteiger partial charge in [0.15, 0.2) is 11.6 Å². The lowest BCUT2D eigenvalue weighted by molar-refractivity contribution is 0.0527. The number of rotatable bonds is 4. The largest absolute Gasteiger partial charge is 0.462 e. The van der Waals surface area contributed by atoms with E-state index < -0.39 is 17.6 Å². The third kappa shape index (κ3) is 3.72. The van der Waals surface area contributed by atoms with E-state index in [9.17, 15) is 13.6 Å². The second-order valence-corrected chi connectivity index (χ2v) is 5.29. The van der Waals surface area contributed by atoms with E-state index in [1.54, 1.807) is 25.1 Å². The number of nitrogen functional groups attached to an aromatic ring is 1. The molecule has 2 rings (SSSR count). The molecule has 0 atom stereocenters. The average molecular weight is 309 g/mol. The van der Waals surface area contributed by atoms with E-state index in [1.807, 2.05) is 0 Å². The maximum absolute atomic E-state index is 13.2. The molecule has 0 spiro atoms. The van der Waals surface area contributed by atoms with E-state index in [0.717, 1.165) is 12.1 Å². The van der Waals surface area contributed by atoms with Gasteiger partial charge in [-0.1, -0.05) is 11.8 Å². The highest BCUT2D eigenvalue weighted by molar-refractivity contribution is 7.99. The van der Waals surface area contributed by atoms with Crippen LogP contribution in [0.3, 0.4) is 0 Å². The first-order chi connectivity index (χ1) is 10.0. The zero-order valence-corrected chi connectivity index (χ0v) is 12.0. The number of hydrogen-bond donors (Lipinski definition) is 1. The molecule has 0 heterocycles. The number of carbonyl (C=O) groups is 1. The molecular formula is C15H13F2NO2S. The summed E-state index contributed by atoms with van der Waals surface area (Å²) in [6.45, 7) is 1.95. The van der Waals surface area contributed by atoms with Gasteiger partial charge in [-0.3, -0.25) is 0 Å². The van der Waals surface area contributed by atoms with Gasteiger partial charge in [0.05, 0.1) is 12.2 Å². The SMILES string of the molecule is CCOC(=O)c1cc(Sc2ccc(F)c(F)c2)ccc1N. The predicted octanol–water partition coefficient (Wildman–Crippen LogP) is 3.87. The Morgan fingerprint density at radius 2 is 1.81 bits per heavy atom. The Morgan fingerprint density at radius 1 is 1.14 bits per heavy atom. The first-order valence-corrected chi connectivity index (χ1v) is 7.02. The Bertz CT molecular complexity index is 677. The molecule has 0 fully saturated rings. The van der Waals surface area contributed by atoms with Crippen LogP contribution in [0.4, 0.5) is 14.5 Å². The highest BCUT2D eigenvalue weighted by atomic mass is 32.2. The summed E-state index contributed by atoms with van der Waals surface area (Å²) >= 11 is 1.20. The summed E-state index contributed by atoms with van der Waals surface area (Å²) in [4.78, 5) is 12.9. The molecule has 6 heteroatoms. The van der Waals surface area contributed by atoms with Crippen LogP contribution in [0.5, 0.6) is 0 Å². The molecule has 0 bridgehead atoms. The van der Waals surface area contributed by atoms with Crippen molar-refractivity contribution in [1.82, 2.24) is 0 Å². The molecule has 0 amide bonds. The summed E-state index contributed by atoms with van der Waals surface area (Å²) in [6.07, 6.45) is 0. The van der Waals surface area contributed by atoms with Crippen molar-refractivity contribution < 1.29 is 18.3 Å². The number of anilines is 1. The molecule has 3 nitrogen and oxygen atoms in total. The number of halogens is 2. The van der Waals surface area contributed by atoms with Crippen LogP contribution < -0.4 is 5.73 Å². The number of hydrogen-bond acceptors (Lipinski definition) is 4. The van der Waals surface area contributed by atoms with Gasteiger partial charge in [0.1, 0.15) is 0 Å². The van der Waals surface area contributed by atoms with Crippen LogP contribution in [0.2, 0.25) is 0 Å². The Morgan fingerprint density at radius 3 is 2.48 bits per heavy atom. The molecule has 0 saturated heterocycles. The Labute approximate surface area is 125 Å². The number of nitrogens with two attached hydrogens (primary N) is 1. The molecule has 0 aliphatic rings. The maximum Gasteiger partial charge on any atom is 0.340 e. The van der Waals surface area contributed by atoms with Gasteiger partial charge in [-0.05, 0) is 43.3 Å². The number of carbonyl (C=O) groups excluding carboxylic acids is 1. The molecule has 0 aliphatic heterocycles. The average Bonchev–Trinajstić information content (AvgIpc) is 2.45. The minimum atomic E-state index is -0.916. The zero-order valence-electron chi connectivity index (χ0n) is 11.2. The first-order valence-electron chi connectivity index (χ1n) is 6.20. The van der Waals surface area contributed by atoms with Gasteiger partial charge in [-0.25, -0.2) is 13.6 Å². The highest BCUT2D eigenvalue weighted by Crippen LogP contribution is 2.31. The zero-order chi connectivity index (χ0) is 15.4. The van der Waals surface area contributed by atoms with Crippen molar-refractivity contribution >= 4 is 23.4 Å². The summed E-state index contributed by atoms with van der Waals surface area (Å²) in [6, 6.07) is 8.46. The quantitative estimate of drug-likeness (QED) is 0.688. The third-order valence-electron chi connectivity index (χ3n) is 2.65. The van der Waals surface area contributed by atoms with Gasteiger partial charge in [0.25, 0.3) is 0 Å². The molecule has 2 aromatic rings. The number of esters is 1. The molecule has 110 valence electrons. The lowest BCUT2D eigenvalue weighted by Crippen LogP contribution is -2.07. The van der Waals surface area contributed by atoms with E-state index in [4.69, 9.17) is 10.5 Å². The van der Waals surface area contributed by atoms with Crippen molar-refractivity contribution in [2.75, 3.05) is 12.3 Å². The second-order valence-electron chi connectivity index (χ2n) is 4.15. The molecule has 21 heavy (non-hydrogen) atoms. The predicted molar refractivity (Wildman–Crippen MR) is 77.3 cm³/mol. The van der Waals surface area contributed by atoms with Crippen LogP contribution in [0.1, 0.15) is 17.3 Å². The van der Waals surface area contributed by atoms with Crippen molar-refractivity contribution in [2.24, 2.45) is 0 Å². The van der Waals surface area contributed by atoms with Crippen molar-refractivity contribution in [1.29, 1.82) is 0 Å². The number of ether oxygens (including phenoxy) is 1. The molecular weight excluding hydrogens is 296 g/mol. The van der Waals surface area contributed by atoms with E-state index in [2.05, 4.69) is 0 Å². The van der Waals surface area contributed by atoms with Crippen LogP contribution >= 0.6 is 11.8 Å². The monoisotopic (exact) mass is 309 g/mol. The minimum absolute atomic E-state index is 0.249. The molecule has 0 aromatic heterocycles. The Hall–Kier alpha value is -2.08. The van der Waals surface area contributed by atoms with Gasteiger partial charge in [-0.15, -0.1) is 0 Å². The van der Waals surface area contributed by atoms with Gasteiger partial charge in [0.2, 0.25) is 0 Å². The fourth-order valence-electron chi connectivity index (χ4n) is 1.66. The van der Waals surface area contributed by atoms with E-state index in [1.165, 1.54) is 17.8 Å². The van der Waals surface area contributed by atoms with Gasteiger partial charge >= 0.3 is 5.97 Å². The molecule has 0 aliphatic carbocycles. The smallest absolute Gasteiger partial charge is 0.340 e. The second kappa shape index (κ2) is 6.58. The Kier molecular flexibility index (Phi) is 4.80. The highest BCUT2D eigenvalue weighted by Gasteiger charge is 2.12. The van der Waals surface area contributed by atoms with Crippen molar-refractivity contribution in [3.63, 3.8) is 0 Å². The lowest BCUT2D eigenvalue weighted by atomic mass is 10.2. The summed E-state index contributed by atoms with van der Waals surface area (Å²) in [5.74, 6) is -2.33. The first kappa shape index (κ1) is 15.3. The van der Waals surface area contributed by atoms with Crippen molar-refractivity contribution in [3.8, 4) is 0 Å². The molecule has 0 saturated carbocycles. The maximum atomic E-state index is 13.2. The number of benzene rings is 2. The normalized spacial score (nSPS) is 10.4. The van der Waals surface area contributed by atoms with Crippen LogP contribution in [0.15, 0.2) is 46.2 Å². The fourth-order valence-corrected chi connectivity index (χ4v) is 2.54. The van der Waals surface area contributed by atoms with Crippen molar-refractivity contribution in [3.05, 3.63) is 53.6 Å². The molecule has 2 N–H and O–H groups in total. The van der Waals surface area contributed by atoms with Crippen LogP contribution in [-0.4, -0.2) is 12.6 Å².